The second-order valence-electron chi connectivity index (χ2n) is 6.11. The first-order valence-corrected chi connectivity index (χ1v) is 8.31. The minimum Gasteiger partial charge on any atom is -0.394 e. The van der Waals surface area contributed by atoms with Crippen LogP contribution < -0.4 is 5.32 Å². The van der Waals surface area contributed by atoms with Crippen LogP contribution in [0.3, 0.4) is 0 Å². The van der Waals surface area contributed by atoms with Gasteiger partial charge in [0.15, 0.2) is 0 Å². The molecule has 0 heterocycles. The highest BCUT2D eigenvalue weighted by molar-refractivity contribution is 4.99. The average Bonchev–Trinajstić information content (AvgIpc) is 2.84. The van der Waals surface area contributed by atoms with E-state index in [2.05, 4.69) is 31.0 Å². The summed E-state index contributed by atoms with van der Waals surface area (Å²) in [6.45, 7) is 10.4. The Morgan fingerprint density at radius 1 is 1.16 bits per heavy atom. The summed E-state index contributed by atoms with van der Waals surface area (Å²) in [5.74, 6) is 0. The smallest absolute Gasteiger partial charge is 0.0613 e. The second-order valence-corrected chi connectivity index (χ2v) is 6.11. The van der Waals surface area contributed by atoms with Crippen molar-refractivity contribution in [3.63, 3.8) is 0 Å². The summed E-state index contributed by atoms with van der Waals surface area (Å²) in [5, 5.41) is 13.2. The lowest BCUT2D eigenvalue weighted by Crippen LogP contribution is -2.48. The summed E-state index contributed by atoms with van der Waals surface area (Å²) in [7, 11) is 0. The summed E-state index contributed by atoms with van der Waals surface area (Å²) in [6, 6.07) is 0.671. The number of rotatable bonds is 10. The van der Waals surface area contributed by atoms with Crippen LogP contribution in [-0.2, 0) is 0 Å². The van der Waals surface area contributed by atoms with E-state index in [0.29, 0.717) is 6.04 Å². The fourth-order valence-electron chi connectivity index (χ4n) is 3.34. The molecule has 0 aromatic carbocycles. The van der Waals surface area contributed by atoms with Crippen LogP contribution >= 0.6 is 0 Å². The van der Waals surface area contributed by atoms with E-state index in [4.69, 9.17) is 0 Å². The lowest BCUT2D eigenvalue weighted by molar-refractivity contribution is 0.141. The molecule has 0 aromatic rings. The second kappa shape index (κ2) is 8.93. The van der Waals surface area contributed by atoms with Gasteiger partial charge < -0.3 is 15.3 Å². The van der Waals surface area contributed by atoms with Gasteiger partial charge in [0.1, 0.15) is 0 Å². The molecule has 0 spiro atoms. The van der Waals surface area contributed by atoms with E-state index in [1.54, 1.807) is 0 Å². The van der Waals surface area contributed by atoms with E-state index < -0.39 is 0 Å². The Morgan fingerprint density at radius 2 is 1.79 bits per heavy atom. The minimum atomic E-state index is -0.00387. The van der Waals surface area contributed by atoms with Crippen molar-refractivity contribution in [1.82, 2.24) is 10.2 Å². The number of hydrogen-bond donors (Lipinski definition) is 2. The van der Waals surface area contributed by atoms with Crippen molar-refractivity contribution in [2.75, 3.05) is 26.2 Å². The van der Waals surface area contributed by atoms with Crippen molar-refractivity contribution >= 4 is 0 Å². The number of nitrogens with zero attached hydrogens (tertiary/aromatic N) is 1. The normalized spacial score (nSPS) is 27.3. The van der Waals surface area contributed by atoms with Crippen LogP contribution in [0.1, 0.15) is 65.7 Å². The molecule has 1 saturated carbocycles. The zero-order valence-electron chi connectivity index (χ0n) is 13.2. The molecule has 0 aromatic heterocycles. The summed E-state index contributed by atoms with van der Waals surface area (Å²) < 4.78 is 0. The molecule has 2 atom stereocenters. The van der Waals surface area contributed by atoms with Gasteiger partial charge in [-0.2, -0.15) is 0 Å². The van der Waals surface area contributed by atoms with E-state index in [1.165, 1.54) is 45.2 Å². The van der Waals surface area contributed by atoms with Crippen molar-refractivity contribution in [2.45, 2.75) is 77.3 Å². The summed E-state index contributed by atoms with van der Waals surface area (Å²) >= 11 is 0. The maximum Gasteiger partial charge on any atom is 0.0613 e. The van der Waals surface area contributed by atoms with E-state index in [-0.39, 0.29) is 12.1 Å². The number of likely N-dealkylation sites (N-methyl/N-ethyl adjacent to an activating group) is 1. The maximum absolute atomic E-state index is 9.72. The van der Waals surface area contributed by atoms with Crippen LogP contribution in [0.5, 0.6) is 0 Å². The number of nitrogens with one attached hydrogen (secondary N) is 1. The van der Waals surface area contributed by atoms with Gasteiger partial charge in [0, 0.05) is 11.6 Å². The van der Waals surface area contributed by atoms with Crippen molar-refractivity contribution < 1.29 is 5.11 Å². The molecule has 0 radical (unpaired) electrons. The monoisotopic (exact) mass is 270 g/mol. The molecule has 0 aliphatic heterocycles. The Hall–Kier alpha value is -0.120. The van der Waals surface area contributed by atoms with Crippen LogP contribution in [0.25, 0.3) is 0 Å². The molecular weight excluding hydrogens is 236 g/mol. The van der Waals surface area contributed by atoms with E-state index >= 15 is 0 Å². The molecule has 114 valence electrons. The topological polar surface area (TPSA) is 35.5 Å². The van der Waals surface area contributed by atoms with Gasteiger partial charge >= 0.3 is 0 Å². The predicted octanol–water partition coefficient (Wildman–Crippen LogP) is 2.78. The van der Waals surface area contributed by atoms with Crippen LogP contribution in [0.2, 0.25) is 0 Å². The van der Waals surface area contributed by atoms with Crippen LogP contribution in [0.4, 0.5) is 0 Å². The number of aliphatic hydroxyl groups is 1. The minimum absolute atomic E-state index is 0.00387. The first kappa shape index (κ1) is 16.9. The summed E-state index contributed by atoms with van der Waals surface area (Å²) in [4.78, 5) is 2.68. The largest absolute Gasteiger partial charge is 0.394 e. The first-order chi connectivity index (χ1) is 9.21. The highest BCUT2D eigenvalue weighted by Gasteiger charge is 2.39. The standard InChI is InChI=1S/C16H34N2O/c1-4-7-11-18(12-8-5-2)15-9-10-16(13-15,14-19)17-6-3/h15,17,19H,4-14H2,1-3H3. The third kappa shape index (κ3) is 5.05. The highest BCUT2D eigenvalue weighted by atomic mass is 16.3. The lowest BCUT2D eigenvalue weighted by atomic mass is 9.98. The fraction of sp³-hybridized carbons (Fsp3) is 1.00. The van der Waals surface area contributed by atoms with Crippen LogP contribution in [0, 0.1) is 0 Å². The van der Waals surface area contributed by atoms with Gasteiger partial charge in [-0.05, 0) is 51.7 Å². The molecule has 0 bridgehead atoms. The summed E-state index contributed by atoms with van der Waals surface area (Å²) in [5.41, 5.74) is -0.00387. The Morgan fingerprint density at radius 3 is 2.26 bits per heavy atom. The molecular formula is C16H34N2O. The van der Waals surface area contributed by atoms with Crippen molar-refractivity contribution in [1.29, 1.82) is 0 Å². The molecule has 1 aliphatic rings. The van der Waals surface area contributed by atoms with Gasteiger partial charge in [0.2, 0.25) is 0 Å². The van der Waals surface area contributed by atoms with E-state index in [1.807, 2.05) is 0 Å². The zero-order valence-corrected chi connectivity index (χ0v) is 13.2. The highest BCUT2D eigenvalue weighted by Crippen LogP contribution is 2.33. The van der Waals surface area contributed by atoms with Crippen molar-refractivity contribution in [3.8, 4) is 0 Å². The van der Waals surface area contributed by atoms with Gasteiger partial charge in [-0.3, -0.25) is 0 Å². The predicted molar refractivity (Wildman–Crippen MR) is 82.5 cm³/mol. The van der Waals surface area contributed by atoms with Crippen molar-refractivity contribution in [2.24, 2.45) is 0 Å². The summed E-state index contributed by atoms with van der Waals surface area (Å²) in [6.07, 6.45) is 8.62. The van der Waals surface area contributed by atoms with Gasteiger partial charge in [0.05, 0.1) is 6.61 Å². The molecule has 3 heteroatoms. The van der Waals surface area contributed by atoms with E-state index in [0.717, 1.165) is 19.4 Å². The Kier molecular flexibility index (Phi) is 7.96. The van der Waals surface area contributed by atoms with Crippen LogP contribution in [-0.4, -0.2) is 47.8 Å². The number of aliphatic hydroxyl groups excluding tert-OH is 1. The lowest BCUT2D eigenvalue weighted by Gasteiger charge is -2.32. The number of unbranched alkanes of at least 4 members (excludes halogenated alkanes) is 2. The van der Waals surface area contributed by atoms with Gasteiger partial charge in [-0.15, -0.1) is 0 Å². The first-order valence-electron chi connectivity index (χ1n) is 8.31. The number of hydrogen-bond acceptors (Lipinski definition) is 3. The molecule has 1 rings (SSSR count). The van der Waals surface area contributed by atoms with Crippen molar-refractivity contribution in [3.05, 3.63) is 0 Å². The molecule has 0 saturated heterocycles. The fourth-order valence-corrected chi connectivity index (χ4v) is 3.34. The zero-order chi connectivity index (χ0) is 14.1. The molecule has 1 aliphatic carbocycles. The Balaban J connectivity index is 2.54. The van der Waals surface area contributed by atoms with Gasteiger partial charge in [-0.25, -0.2) is 0 Å². The molecule has 0 amide bonds. The molecule has 3 nitrogen and oxygen atoms in total. The van der Waals surface area contributed by atoms with Crippen LogP contribution in [0.15, 0.2) is 0 Å². The Labute approximate surface area is 119 Å². The third-order valence-corrected chi connectivity index (χ3v) is 4.55. The molecule has 2 N–H and O–H groups in total. The Bertz CT molecular complexity index is 227. The molecule has 2 unspecified atom stereocenters. The quantitative estimate of drug-likeness (QED) is 0.641. The molecule has 19 heavy (non-hydrogen) atoms. The van der Waals surface area contributed by atoms with E-state index in [9.17, 15) is 5.11 Å². The maximum atomic E-state index is 9.72. The SMILES string of the molecule is CCCCN(CCCC)C1CCC(CO)(NCC)C1. The van der Waals surface area contributed by atoms with Gasteiger partial charge in [0.25, 0.3) is 0 Å². The third-order valence-electron chi connectivity index (χ3n) is 4.55. The molecule has 1 fully saturated rings. The average molecular weight is 270 g/mol. The van der Waals surface area contributed by atoms with Gasteiger partial charge in [-0.1, -0.05) is 33.6 Å².